The Morgan fingerprint density at radius 3 is 2.24 bits per heavy atom. The number of pyridine rings is 1. The summed E-state index contributed by atoms with van der Waals surface area (Å²) < 4.78 is 26.7. The van der Waals surface area contributed by atoms with E-state index in [1.165, 1.54) is 49.5 Å². The second-order valence-corrected chi connectivity index (χ2v) is 5.97. The van der Waals surface area contributed by atoms with Crippen molar-refractivity contribution in [2.24, 2.45) is 0 Å². The van der Waals surface area contributed by atoms with Crippen LogP contribution in [0.15, 0.2) is 47.5 Å². The van der Waals surface area contributed by atoms with Gasteiger partial charge in [0.25, 0.3) is 10.0 Å². The summed E-state index contributed by atoms with van der Waals surface area (Å²) in [4.78, 5) is 14.8. The summed E-state index contributed by atoms with van der Waals surface area (Å²) in [5, 5.41) is 2.56. The van der Waals surface area contributed by atoms with Gasteiger partial charge in [0, 0.05) is 12.6 Å². The largest absolute Gasteiger partial charge is 0.384 e. The van der Waals surface area contributed by atoms with Gasteiger partial charge in [-0.15, -0.1) is 0 Å². The highest BCUT2D eigenvalue weighted by atomic mass is 32.2. The summed E-state index contributed by atoms with van der Waals surface area (Å²) in [6.45, 7) is 1.38. The van der Waals surface area contributed by atoms with Gasteiger partial charge in [-0.1, -0.05) is 0 Å². The van der Waals surface area contributed by atoms with Gasteiger partial charge in [-0.25, -0.2) is 13.4 Å². The van der Waals surface area contributed by atoms with Crippen molar-refractivity contribution in [1.29, 1.82) is 0 Å². The number of nitrogens with zero attached hydrogens (tertiary/aromatic N) is 1. The number of nitrogen functional groups attached to an aromatic ring is 1. The van der Waals surface area contributed by atoms with Crippen LogP contribution in [0.2, 0.25) is 0 Å². The van der Waals surface area contributed by atoms with E-state index in [1.54, 1.807) is 0 Å². The summed E-state index contributed by atoms with van der Waals surface area (Å²) >= 11 is 0. The number of hydrogen-bond donors (Lipinski definition) is 3. The number of carbonyl (C=O) groups excluding carboxylic acids is 1. The van der Waals surface area contributed by atoms with Gasteiger partial charge in [-0.2, -0.15) is 0 Å². The molecule has 0 radical (unpaired) electrons. The molecule has 2 rings (SSSR count). The monoisotopic (exact) mass is 306 g/mol. The Labute approximate surface area is 122 Å². The van der Waals surface area contributed by atoms with Crippen LogP contribution in [0.25, 0.3) is 0 Å². The molecule has 0 saturated heterocycles. The van der Waals surface area contributed by atoms with Crippen molar-refractivity contribution < 1.29 is 13.2 Å². The van der Waals surface area contributed by atoms with Crippen molar-refractivity contribution in [3.63, 3.8) is 0 Å². The predicted octanol–water partition coefficient (Wildman–Crippen LogP) is 1.42. The number of aromatic nitrogens is 1. The van der Waals surface area contributed by atoms with Crippen LogP contribution in [0, 0.1) is 0 Å². The Morgan fingerprint density at radius 1 is 1.10 bits per heavy atom. The molecule has 0 unspecified atom stereocenters. The number of rotatable bonds is 4. The topological polar surface area (TPSA) is 114 Å². The third kappa shape index (κ3) is 3.93. The second-order valence-electron chi connectivity index (χ2n) is 4.28. The van der Waals surface area contributed by atoms with Gasteiger partial charge in [0.05, 0.1) is 16.8 Å². The molecule has 7 nitrogen and oxygen atoms in total. The smallest absolute Gasteiger partial charge is 0.261 e. The molecule has 0 atom stereocenters. The van der Waals surface area contributed by atoms with Crippen LogP contribution < -0.4 is 15.8 Å². The molecule has 1 heterocycles. The van der Waals surface area contributed by atoms with E-state index in [1.807, 2.05) is 0 Å². The number of hydrogen-bond acceptors (Lipinski definition) is 5. The molecule has 0 spiro atoms. The lowest BCUT2D eigenvalue weighted by molar-refractivity contribution is -0.114. The summed E-state index contributed by atoms with van der Waals surface area (Å²) in [7, 11) is -3.71. The van der Waals surface area contributed by atoms with E-state index in [4.69, 9.17) is 5.73 Å². The van der Waals surface area contributed by atoms with Crippen LogP contribution in [-0.4, -0.2) is 19.3 Å². The first kappa shape index (κ1) is 14.8. The predicted molar refractivity (Wildman–Crippen MR) is 80.2 cm³/mol. The third-order valence-corrected chi connectivity index (χ3v) is 3.92. The maximum Gasteiger partial charge on any atom is 0.261 e. The van der Waals surface area contributed by atoms with Crippen molar-refractivity contribution in [1.82, 2.24) is 4.98 Å². The fourth-order valence-corrected chi connectivity index (χ4v) is 2.64. The van der Waals surface area contributed by atoms with E-state index < -0.39 is 10.0 Å². The number of sulfonamides is 1. The van der Waals surface area contributed by atoms with Crippen molar-refractivity contribution in [3.05, 3.63) is 42.6 Å². The standard InChI is InChI=1S/C13H14N4O3S/c1-9(18)16-10-2-5-12(6-3-10)21(19,20)17-11-4-7-13(14)15-8-11/h2-8,17H,1H3,(H2,14,15)(H,16,18). The van der Waals surface area contributed by atoms with E-state index in [-0.39, 0.29) is 10.8 Å². The summed E-state index contributed by atoms with van der Waals surface area (Å²) in [6.07, 6.45) is 1.33. The minimum atomic E-state index is -3.71. The lowest BCUT2D eigenvalue weighted by atomic mass is 10.3. The molecule has 1 aromatic heterocycles. The molecule has 21 heavy (non-hydrogen) atoms. The van der Waals surface area contributed by atoms with E-state index in [2.05, 4.69) is 15.0 Å². The van der Waals surface area contributed by atoms with Gasteiger partial charge < -0.3 is 11.1 Å². The molecule has 4 N–H and O–H groups in total. The average molecular weight is 306 g/mol. The van der Waals surface area contributed by atoms with Gasteiger partial charge >= 0.3 is 0 Å². The van der Waals surface area contributed by atoms with Crippen molar-refractivity contribution in [3.8, 4) is 0 Å². The van der Waals surface area contributed by atoms with Crippen LogP contribution in [0.5, 0.6) is 0 Å². The SMILES string of the molecule is CC(=O)Nc1ccc(S(=O)(=O)Nc2ccc(N)nc2)cc1. The van der Waals surface area contributed by atoms with Gasteiger partial charge in [0.15, 0.2) is 0 Å². The zero-order valence-corrected chi connectivity index (χ0v) is 12.0. The van der Waals surface area contributed by atoms with Crippen LogP contribution in [0.3, 0.4) is 0 Å². The van der Waals surface area contributed by atoms with E-state index in [0.29, 0.717) is 17.2 Å². The first-order valence-electron chi connectivity index (χ1n) is 5.99. The fourth-order valence-electron chi connectivity index (χ4n) is 1.60. The van der Waals surface area contributed by atoms with Crippen LogP contribution >= 0.6 is 0 Å². The molecule has 8 heteroatoms. The van der Waals surface area contributed by atoms with Crippen LogP contribution in [0.4, 0.5) is 17.2 Å². The van der Waals surface area contributed by atoms with Crippen molar-refractivity contribution in [2.45, 2.75) is 11.8 Å². The average Bonchev–Trinajstić information content (AvgIpc) is 2.41. The Kier molecular flexibility index (Phi) is 4.08. The Balaban J connectivity index is 2.19. The molecule has 0 bridgehead atoms. The zero-order valence-electron chi connectivity index (χ0n) is 11.2. The van der Waals surface area contributed by atoms with Gasteiger partial charge in [-0.3, -0.25) is 9.52 Å². The van der Waals surface area contributed by atoms with E-state index >= 15 is 0 Å². The maximum absolute atomic E-state index is 12.2. The molecule has 1 amide bonds. The second kappa shape index (κ2) is 5.80. The number of nitrogens with two attached hydrogens (primary N) is 1. The minimum Gasteiger partial charge on any atom is -0.384 e. The van der Waals surface area contributed by atoms with Gasteiger partial charge in [0.2, 0.25) is 5.91 Å². The number of nitrogens with one attached hydrogen (secondary N) is 2. The number of anilines is 3. The number of amides is 1. The van der Waals surface area contributed by atoms with Gasteiger partial charge in [-0.05, 0) is 36.4 Å². The Bertz CT molecular complexity index is 740. The highest BCUT2D eigenvalue weighted by molar-refractivity contribution is 7.92. The zero-order chi connectivity index (χ0) is 15.5. The number of benzene rings is 1. The lowest BCUT2D eigenvalue weighted by Crippen LogP contribution is -2.13. The minimum absolute atomic E-state index is 0.0772. The molecule has 110 valence electrons. The van der Waals surface area contributed by atoms with E-state index in [9.17, 15) is 13.2 Å². The summed E-state index contributed by atoms with van der Waals surface area (Å²) in [5.74, 6) is 0.0780. The fraction of sp³-hybridized carbons (Fsp3) is 0.0769. The molecular formula is C13H14N4O3S. The van der Waals surface area contributed by atoms with Crippen molar-refractivity contribution >= 4 is 33.1 Å². The summed E-state index contributed by atoms with van der Waals surface area (Å²) in [6, 6.07) is 8.84. The highest BCUT2D eigenvalue weighted by Gasteiger charge is 2.14. The molecule has 2 aromatic rings. The molecule has 0 saturated carbocycles. The molecule has 1 aromatic carbocycles. The summed E-state index contributed by atoms with van der Waals surface area (Å²) in [5.41, 5.74) is 6.27. The first-order valence-corrected chi connectivity index (χ1v) is 7.47. The van der Waals surface area contributed by atoms with E-state index in [0.717, 1.165) is 0 Å². The van der Waals surface area contributed by atoms with Crippen LogP contribution in [-0.2, 0) is 14.8 Å². The van der Waals surface area contributed by atoms with Crippen LogP contribution in [0.1, 0.15) is 6.92 Å². The third-order valence-electron chi connectivity index (χ3n) is 2.52. The lowest BCUT2D eigenvalue weighted by Gasteiger charge is -2.09. The molecule has 0 fully saturated rings. The molecule has 0 aliphatic heterocycles. The first-order chi connectivity index (χ1) is 9.87. The molecular weight excluding hydrogens is 292 g/mol. The molecule has 0 aliphatic carbocycles. The Morgan fingerprint density at radius 2 is 1.71 bits per heavy atom. The number of carbonyl (C=O) groups is 1. The Hall–Kier alpha value is -2.61. The highest BCUT2D eigenvalue weighted by Crippen LogP contribution is 2.18. The van der Waals surface area contributed by atoms with Crippen molar-refractivity contribution in [2.75, 3.05) is 15.8 Å². The normalized spacial score (nSPS) is 10.9. The quantitative estimate of drug-likeness (QED) is 0.790. The molecule has 0 aliphatic rings. The maximum atomic E-state index is 12.2. The van der Waals surface area contributed by atoms with Gasteiger partial charge in [0.1, 0.15) is 5.82 Å².